The fraction of sp³-hybridized carbons (Fsp3) is 0.300. The van der Waals surface area contributed by atoms with Gasteiger partial charge in [-0.1, -0.05) is 18.2 Å². The fourth-order valence-corrected chi connectivity index (χ4v) is 1.50. The number of tetrazole rings is 1. The number of nitrogens with zero attached hydrogens (tertiary/aromatic N) is 4. The molecule has 1 heterocycles. The number of hydrogen-bond donors (Lipinski definition) is 2. The van der Waals surface area contributed by atoms with Crippen LogP contribution in [0.15, 0.2) is 24.3 Å². The molecule has 6 nitrogen and oxygen atoms in total. The minimum atomic E-state index is -0.703. The normalized spacial score (nSPS) is 12.6. The molecule has 1 aromatic heterocycles. The maximum atomic E-state index is 9.97. The summed E-state index contributed by atoms with van der Waals surface area (Å²) in [4.78, 5) is 1.36. The van der Waals surface area contributed by atoms with Crippen LogP contribution >= 0.6 is 0 Å². The first-order valence-electron chi connectivity index (χ1n) is 4.92. The van der Waals surface area contributed by atoms with Crippen LogP contribution < -0.4 is 5.73 Å². The SMILES string of the molecule is Cn1nnc(CC(O)c2ccccc2N)n1. The quantitative estimate of drug-likeness (QED) is 0.713. The van der Waals surface area contributed by atoms with Gasteiger partial charge in [-0.2, -0.15) is 4.80 Å². The second-order valence-corrected chi connectivity index (χ2v) is 3.54. The number of hydrogen-bond acceptors (Lipinski definition) is 5. The van der Waals surface area contributed by atoms with E-state index in [1.165, 1.54) is 4.80 Å². The first kappa shape index (κ1) is 10.6. The minimum absolute atomic E-state index is 0.308. The molecule has 0 aliphatic carbocycles. The number of aromatic nitrogens is 4. The van der Waals surface area contributed by atoms with E-state index in [0.717, 1.165) is 0 Å². The Bertz CT molecular complexity index is 482. The van der Waals surface area contributed by atoms with E-state index in [1.807, 2.05) is 12.1 Å². The molecule has 84 valence electrons. The molecule has 16 heavy (non-hydrogen) atoms. The highest BCUT2D eigenvalue weighted by Gasteiger charge is 2.14. The molecule has 0 aliphatic rings. The van der Waals surface area contributed by atoms with E-state index in [9.17, 15) is 5.11 Å². The van der Waals surface area contributed by atoms with Crippen molar-refractivity contribution in [3.05, 3.63) is 35.7 Å². The van der Waals surface area contributed by atoms with Gasteiger partial charge in [-0.15, -0.1) is 10.2 Å². The van der Waals surface area contributed by atoms with Crippen LogP contribution in [-0.4, -0.2) is 25.3 Å². The number of nitrogen functional groups attached to an aromatic ring is 1. The molecular weight excluding hydrogens is 206 g/mol. The van der Waals surface area contributed by atoms with Gasteiger partial charge in [0.1, 0.15) is 0 Å². The summed E-state index contributed by atoms with van der Waals surface area (Å²) in [5.74, 6) is 0.498. The van der Waals surface area contributed by atoms with Crippen molar-refractivity contribution in [3.63, 3.8) is 0 Å². The number of aliphatic hydroxyl groups excluding tert-OH is 1. The highest BCUT2D eigenvalue weighted by molar-refractivity contribution is 5.47. The Morgan fingerprint density at radius 2 is 2.19 bits per heavy atom. The largest absolute Gasteiger partial charge is 0.398 e. The predicted octanol–water partition coefficient (Wildman–Crippen LogP) is 0.0684. The van der Waals surface area contributed by atoms with Crippen LogP contribution in [0.25, 0.3) is 0 Å². The Hall–Kier alpha value is -1.95. The number of aliphatic hydroxyl groups is 1. The number of anilines is 1. The van der Waals surface area contributed by atoms with Gasteiger partial charge in [0.15, 0.2) is 5.82 Å². The first-order chi connectivity index (χ1) is 7.66. The molecule has 0 radical (unpaired) electrons. The highest BCUT2D eigenvalue weighted by Crippen LogP contribution is 2.21. The summed E-state index contributed by atoms with van der Waals surface area (Å²) in [5.41, 5.74) is 7.02. The maximum absolute atomic E-state index is 9.97. The summed E-state index contributed by atoms with van der Waals surface area (Å²) >= 11 is 0. The minimum Gasteiger partial charge on any atom is -0.398 e. The van der Waals surface area contributed by atoms with Crippen LogP contribution in [0.1, 0.15) is 17.5 Å². The molecule has 0 bridgehead atoms. The van der Waals surface area contributed by atoms with Crippen molar-refractivity contribution in [1.29, 1.82) is 0 Å². The van der Waals surface area contributed by atoms with Gasteiger partial charge in [-0.25, -0.2) is 0 Å². The van der Waals surface area contributed by atoms with Crippen molar-refractivity contribution < 1.29 is 5.11 Å². The first-order valence-corrected chi connectivity index (χ1v) is 4.92. The van der Waals surface area contributed by atoms with Crippen molar-refractivity contribution in [2.24, 2.45) is 7.05 Å². The Balaban J connectivity index is 2.14. The monoisotopic (exact) mass is 219 g/mol. The second-order valence-electron chi connectivity index (χ2n) is 3.54. The van der Waals surface area contributed by atoms with Gasteiger partial charge in [0.25, 0.3) is 0 Å². The van der Waals surface area contributed by atoms with Crippen LogP contribution in [-0.2, 0) is 13.5 Å². The zero-order valence-electron chi connectivity index (χ0n) is 8.91. The summed E-state index contributed by atoms with van der Waals surface area (Å²) in [6.45, 7) is 0. The fourth-order valence-electron chi connectivity index (χ4n) is 1.50. The zero-order chi connectivity index (χ0) is 11.5. The van der Waals surface area contributed by atoms with E-state index in [2.05, 4.69) is 15.4 Å². The predicted molar refractivity (Wildman–Crippen MR) is 58.3 cm³/mol. The van der Waals surface area contributed by atoms with Gasteiger partial charge in [0, 0.05) is 17.7 Å². The van der Waals surface area contributed by atoms with Crippen LogP contribution in [0.3, 0.4) is 0 Å². The third-order valence-corrected chi connectivity index (χ3v) is 2.28. The number of nitrogens with two attached hydrogens (primary N) is 1. The van der Waals surface area contributed by atoms with Gasteiger partial charge >= 0.3 is 0 Å². The van der Waals surface area contributed by atoms with E-state index in [4.69, 9.17) is 5.73 Å². The van der Waals surface area contributed by atoms with E-state index in [0.29, 0.717) is 23.5 Å². The molecule has 0 fully saturated rings. The number of benzene rings is 1. The van der Waals surface area contributed by atoms with Gasteiger partial charge in [0.05, 0.1) is 13.2 Å². The smallest absolute Gasteiger partial charge is 0.177 e. The Morgan fingerprint density at radius 1 is 1.44 bits per heavy atom. The second kappa shape index (κ2) is 4.28. The van der Waals surface area contributed by atoms with Crippen molar-refractivity contribution >= 4 is 5.69 Å². The lowest BCUT2D eigenvalue weighted by Crippen LogP contribution is -2.06. The average Bonchev–Trinajstić information content (AvgIpc) is 2.64. The third-order valence-electron chi connectivity index (χ3n) is 2.28. The van der Waals surface area contributed by atoms with Gasteiger partial charge in [0.2, 0.25) is 0 Å². The molecule has 2 rings (SSSR count). The van der Waals surface area contributed by atoms with Gasteiger partial charge < -0.3 is 10.8 Å². The van der Waals surface area contributed by atoms with Crippen LogP contribution in [0.2, 0.25) is 0 Å². The van der Waals surface area contributed by atoms with Gasteiger partial charge in [-0.05, 0) is 11.3 Å². The summed E-state index contributed by atoms with van der Waals surface area (Å²) in [6.07, 6.45) is -0.396. The van der Waals surface area contributed by atoms with Crippen LogP contribution in [0, 0.1) is 0 Å². The lowest BCUT2D eigenvalue weighted by molar-refractivity contribution is 0.176. The van der Waals surface area contributed by atoms with E-state index >= 15 is 0 Å². The molecule has 2 aromatic rings. The zero-order valence-corrected chi connectivity index (χ0v) is 8.91. The molecule has 1 unspecified atom stereocenters. The summed E-state index contributed by atoms with van der Waals surface area (Å²) in [6, 6.07) is 7.20. The molecule has 0 saturated carbocycles. The molecule has 0 spiro atoms. The number of aryl methyl sites for hydroxylation is 1. The molecule has 0 saturated heterocycles. The third kappa shape index (κ3) is 2.17. The van der Waals surface area contributed by atoms with Crippen molar-refractivity contribution in [3.8, 4) is 0 Å². The van der Waals surface area contributed by atoms with E-state index in [-0.39, 0.29) is 0 Å². The number of rotatable bonds is 3. The highest BCUT2D eigenvalue weighted by atomic mass is 16.3. The molecule has 1 aromatic carbocycles. The van der Waals surface area contributed by atoms with Crippen LogP contribution in [0.4, 0.5) is 5.69 Å². The van der Waals surface area contributed by atoms with Crippen LogP contribution in [0.5, 0.6) is 0 Å². The topological polar surface area (TPSA) is 89.8 Å². The number of para-hydroxylation sites is 1. The Labute approximate surface area is 92.7 Å². The molecule has 0 amide bonds. The van der Waals surface area contributed by atoms with Crippen molar-refractivity contribution in [2.45, 2.75) is 12.5 Å². The van der Waals surface area contributed by atoms with E-state index < -0.39 is 6.10 Å². The Kier molecular flexibility index (Phi) is 2.82. The molecule has 0 aliphatic heterocycles. The lowest BCUT2D eigenvalue weighted by atomic mass is 10.0. The van der Waals surface area contributed by atoms with Crippen molar-refractivity contribution in [2.75, 3.05) is 5.73 Å². The summed E-state index contributed by atoms with van der Waals surface area (Å²) in [7, 11) is 1.68. The molecule has 3 N–H and O–H groups in total. The molecular formula is C10H13N5O. The molecule has 6 heteroatoms. The summed E-state index contributed by atoms with van der Waals surface area (Å²) < 4.78 is 0. The maximum Gasteiger partial charge on any atom is 0.177 e. The Morgan fingerprint density at radius 3 is 2.81 bits per heavy atom. The van der Waals surface area contributed by atoms with E-state index in [1.54, 1.807) is 19.2 Å². The summed E-state index contributed by atoms with van der Waals surface area (Å²) in [5, 5.41) is 21.5. The lowest BCUT2D eigenvalue weighted by Gasteiger charge is -2.10. The molecule has 1 atom stereocenters. The average molecular weight is 219 g/mol. The standard InChI is InChI=1S/C10H13N5O/c1-15-13-10(12-14-15)6-9(16)7-4-2-3-5-8(7)11/h2-5,9,16H,6,11H2,1H3. The van der Waals surface area contributed by atoms with Crippen molar-refractivity contribution in [1.82, 2.24) is 20.2 Å². The van der Waals surface area contributed by atoms with Gasteiger partial charge in [-0.3, -0.25) is 0 Å².